The number of nitrogens with one attached hydrogen (secondary N) is 1. The number of hydrogen-bond donors (Lipinski definition) is 2. The van der Waals surface area contributed by atoms with Crippen LogP contribution in [0.1, 0.15) is 0 Å². The molecule has 7 heteroatoms. The minimum absolute atomic E-state index is 0.0548. The summed E-state index contributed by atoms with van der Waals surface area (Å²) in [7, 11) is 1.22. The van der Waals surface area contributed by atoms with Crippen molar-refractivity contribution < 1.29 is 14.3 Å². The van der Waals surface area contributed by atoms with Gasteiger partial charge in [-0.25, -0.2) is 4.79 Å². The van der Waals surface area contributed by atoms with Gasteiger partial charge in [-0.3, -0.25) is 4.79 Å². The van der Waals surface area contributed by atoms with E-state index in [1.165, 1.54) is 12.0 Å². The molecule has 0 unspecified atom stereocenters. The lowest BCUT2D eigenvalue weighted by Crippen LogP contribution is -2.37. The molecule has 0 aromatic rings. The van der Waals surface area contributed by atoms with Gasteiger partial charge in [0, 0.05) is 0 Å². The number of nitrogens with zero attached hydrogens (tertiary/aromatic N) is 2. The predicted octanol–water partition coefficient (Wildman–Crippen LogP) is -2.18. The highest BCUT2D eigenvalue weighted by atomic mass is 16.5. The highest BCUT2D eigenvalue weighted by Gasteiger charge is 2.26. The summed E-state index contributed by atoms with van der Waals surface area (Å²) >= 11 is 0. The molecule has 0 aromatic heterocycles. The zero-order valence-electron chi connectivity index (χ0n) is 7.11. The molecule has 1 heterocycles. The van der Waals surface area contributed by atoms with Gasteiger partial charge in [-0.1, -0.05) is 0 Å². The highest BCUT2D eigenvalue weighted by molar-refractivity contribution is 6.35. The van der Waals surface area contributed by atoms with Gasteiger partial charge >= 0.3 is 5.97 Å². The van der Waals surface area contributed by atoms with E-state index >= 15 is 0 Å². The van der Waals surface area contributed by atoms with E-state index in [2.05, 4.69) is 15.2 Å². The molecule has 7 nitrogen and oxygen atoms in total. The molecule has 3 N–H and O–H groups in total. The Balaban J connectivity index is 2.68. The molecule has 0 aliphatic carbocycles. The maximum atomic E-state index is 11.0. The van der Waals surface area contributed by atoms with Crippen molar-refractivity contribution in [3.8, 4) is 0 Å². The number of hydrazone groups is 1. The Morgan fingerprint density at radius 3 is 2.85 bits per heavy atom. The number of hydrogen-bond acceptors (Lipinski definition) is 5. The Bertz CT molecular complexity index is 263. The van der Waals surface area contributed by atoms with Crippen molar-refractivity contribution in [1.29, 1.82) is 0 Å². The number of carbonyl (C=O) groups is 2. The van der Waals surface area contributed by atoms with Crippen LogP contribution in [0.3, 0.4) is 0 Å². The van der Waals surface area contributed by atoms with Crippen LogP contribution in [0.15, 0.2) is 5.10 Å². The maximum Gasteiger partial charge on any atom is 0.375 e. The van der Waals surface area contributed by atoms with Crippen LogP contribution < -0.4 is 11.2 Å². The fourth-order valence-corrected chi connectivity index (χ4v) is 0.973. The summed E-state index contributed by atoms with van der Waals surface area (Å²) in [6.45, 7) is 0.301. The maximum absolute atomic E-state index is 11.0. The van der Waals surface area contributed by atoms with Crippen molar-refractivity contribution in [3.63, 3.8) is 0 Å². The molecule has 1 saturated heterocycles. The third kappa shape index (κ3) is 1.86. The van der Waals surface area contributed by atoms with Crippen LogP contribution in [0.2, 0.25) is 0 Å². The van der Waals surface area contributed by atoms with Crippen molar-refractivity contribution in [1.82, 2.24) is 10.2 Å². The highest BCUT2D eigenvalue weighted by Crippen LogP contribution is 1.97. The van der Waals surface area contributed by atoms with E-state index < -0.39 is 5.97 Å². The Morgan fingerprint density at radius 1 is 1.77 bits per heavy atom. The lowest BCUT2D eigenvalue weighted by molar-refractivity contribution is -0.133. The Kier molecular flexibility index (Phi) is 2.68. The zero-order chi connectivity index (χ0) is 9.84. The second kappa shape index (κ2) is 3.74. The molecule has 1 rings (SSSR count). The summed E-state index contributed by atoms with van der Waals surface area (Å²) in [5, 5.41) is 5.76. The standard InChI is InChI=1S/C6H10N4O3/c1-13-6(12)5(9-7)10-2-4(11)8-3-10/h2-3,7H2,1H3,(H,8,11). The van der Waals surface area contributed by atoms with E-state index in [0.29, 0.717) is 0 Å². The van der Waals surface area contributed by atoms with E-state index in [1.54, 1.807) is 0 Å². The molecule has 72 valence electrons. The van der Waals surface area contributed by atoms with Crippen LogP contribution in [-0.4, -0.2) is 42.9 Å². The molecule has 0 bridgehead atoms. The first kappa shape index (κ1) is 9.30. The molecule has 1 amide bonds. The van der Waals surface area contributed by atoms with Crippen molar-refractivity contribution in [3.05, 3.63) is 0 Å². The van der Waals surface area contributed by atoms with Gasteiger partial charge in [0.05, 0.1) is 13.8 Å². The van der Waals surface area contributed by atoms with Gasteiger partial charge in [0.15, 0.2) is 0 Å². The minimum Gasteiger partial charge on any atom is -0.463 e. The molecular formula is C6H10N4O3. The zero-order valence-corrected chi connectivity index (χ0v) is 7.11. The lowest BCUT2D eigenvalue weighted by Gasteiger charge is -2.14. The van der Waals surface area contributed by atoms with Crippen molar-refractivity contribution >= 4 is 17.7 Å². The normalized spacial score (nSPS) is 17.2. The number of ether oxygens (including phenoxy) is 1. The third-order valence-corrected chi connectivity index (χ3v) is 1.59. The molecule has 0 atom stereocenters. The van der Waals surface area contributed by atoms with Crippen molar-refractivity contribution in [2.45, 2.75) is 0 Å². The first-order chi connectivity index (χ1) is 6.19. The first-order valence-electron chi connectivity index (χ1n) is 3.57. The van der Waals surface area contributed by atoms with Gasteiger partial charge in [0.1, 0.15) is 6.54 Å². The number of rotatable bonds is 0. The van der Waals surface area contributed by atoms with E-state index in [0.717, 1.165) is 0 Å². The molecule has 0 aromatic carbocycles. The minimum atomic E-state index is -0.654. The fourth-order valence-electron chi connectivity index (χ4n) is 0.973. The Labute approximate surface area is 74.5 Å². The van der Waals surface area contributed by atoms with Gasteiger partial charge in [-0.15, -0.1) is 0 Å². The molecule has 13 heavy (non-hydrogen) atoms. The van der Waals surface area contributed by atoms with Gasteiger partial charge in [0.2, 0.25) is 11.7 Å². The van der Waals surface area contributed by atoms with Crippen LogP contribution in [0.25, 0.3) is 0 Å². The molecule has 1 aliphatic heterocycles. The molecule has 1 aliphatic rings. The van der Waals surface area contributed by atoms with Crippen LogP contribution in [0, 0.1) is 0 Å². The first-order valence-corrected chi connectivity index (χ1v) is 3.57. The molecule has 0 spiro atoms. The number of methoxy groups -OCH3 is 1. The van der Waals surface area contributed by atoms with Gasteiger partial charge < -0.3 is 20.8 Å². The summed E-state index contributed by atoms with van der Waals surface area (Å²) in [5.74, 6) is 4.10. The van der Waals surface area contributed by atoms with E-state index in [1.807, 2.05) is 0 Å². The number of amidine groups is 1. The number of amides is 1. The van der Waals surface area contributed by atoms with Gasteiger partial charge in [-0.05, 0) is 0 Å². The van der Waals surface area contributed by atoms with Gasteiger partial charge in [-0.2, -0.15) is 5.10 Å². The van der Waals surface area contributed by atoms with Crippen LogP contribution in [0.5, 0.6) is 0 Å². The van der Waals surface area contributed by atoms with E-state index in [4.69, 9.17) is 5.84 Å². The topological polar surface area (TPSA) is 97.0 Å². The molecule has 0 radical (unpaired) electrons. The molecule has 0 saturated carbocycles. The van der Waals surface area contributed by atoms with Crippen LogP contribution >= 0.6 is 0 Å². The second-order valence-electron chi connectivity index (χ2n) is 2.40. The second-order valence-corrected chi connectivity index (χ2v) is 2.40. The monoisotopic (exact) mass is 186 g/mol. The number of esters is 1. The van der Waals surface area contributed by atoms with Gasteiger partial charge in [0.25, 0.3) is 0 Å². The Hall–Kier alpha value is -1.79. The predicted molar refractivity (Wildman–Crippen MR) is 43.4 cm³/mol. The summed E-state index contributed by atoms with van der Waals surface area (Å²) < 4.78 is 4.42. The number of nitrogens with two attached hydrogens (primary N) is 1. The smallest absolute Gasteiger partial charge is 0.375 e. The summed E-state index contributed by atoms with van der Waals surface area (Å²) in [5.41, 5.74) is 0. The van der Waals surface area contributed by atoms with Crippen molar-refractivity contribution in [2.24, 2.45) is 10.9 Å². The third-order valence-electron chi connectivity index (χ3n) is 1.59. The van der Waals surface area contributed by atoms with E-state index in [-0.39, 0.29) is 25.0 Å². The van der Waals surface area contributed by atoms with Crippen LogP contribution in [-0.2, 0) is 14.3 Å². The van der Waals surface area contributed by atoms with Crippen LogP contribution in [0.4, 0.5) is 0 Å². The fraction of sp³-hybridized carbons (Fsp3) is 0.500. The van der Waals surface area contributed by atoms with E-state index in [9.17, 15) is 9.59 Å². The summed E-state index contributed by atoms with van der Waals surface area (Å²) in [6.07, 6.45) is 0. The number of carbonyl (C=O) groups excluding carboxylic acids is 2. The SMILES string of the molecule is COC(=O)C(=NN)N1CNC(=O)C1. The average molecular weight is 186 g/mol. The quantitative estimate of drug-likeness (QED) is 0.147. The summed E-state index contributed by atoms with van der Waals surface area (Å²) in [4.78, 5) is 23.2. The van der Waals surface area contributed by atoms with Crippen molar-refractivity contribution in [2.75, 3.05) is 20.3 Å². The average Bonchev–Trinajstić information content (AvgIpc) is 2.53. The molecule has 1 fully saturated rings. The lowest BCUT2D eigenvalue weighted by atomic mass is 10.5. The summed E-state index contributed by atoms with van der Waals surface area (Å²) in [6, 6.07) is 0. The largest absolute Gasteiger partial charge is 0.463 e. The molecular weight excluding hydrogens is 176 g/mol. The Morgan fingerprint density at radius 2 is 2.46 bits per heavy atom.